The quantitative estimate of drug-likeness (QED) is 0.369. The largest absolute Gasteiger partial charge is 0.465 e. The topological polar surface area (TPSA) is 102 Å². The Morgan fingerprint density at radius 3 is 1.87 bits per heavy atom. The van der Waals surface area contributed by atoms with Crippen molar-refractivity contribution in [2.75, 3.05) is 32.8 Å². The Labute approximate surface area is 184 Å². The molecule has 2 heterocycles. The van der Waals surface area contributed by atoms with Crippen molar-refractivity contribution in [3.05, 3.63) is 0 Å². The average molecular weight is 441 g/mol. The number of Topliss-reactive ketones (excluding diaryl/α,β-unsaturated/α-hetero) is 1. The molecule has 2 aliphatic heterocycles. The molecule has 0 aromatic heterocycles. The van der Waals surface area contributed by atoms with Gasteiger partial charge in [-0.15, -0.1) is 0 Å². The van der Waals surface area contributed by atoms with Crippen LogP contribution in [0.5, 0.6) is 0 Å². The van der Waals surface area contributed by atoms with Crippen molar-refractivity contribution in [1.29, 1.82) is 0 Å². The van der Waals surface area contributed by atoms with Crippen LogP contribution < -0.4 is 0 Å². The lowest BCUT2D eigenvalue weighted by atomic mass is 9.68. The summed E-state index contributed by atoms with van der Waals surface area (Å²) in [7, 11) is 0. The number of nitrogens with zero attached hydrogens (tertiary/aromatic N) is 2. The number of ether oxygens (including phenoxy) is 3. The fraction of sp³-hybridized carbons (Fsp3) is 0.818. The molecule has 176 valence electrons. The van der Waals surface area contributed by atoms with Gasteiger partial charge in [0.05, 0.1) is 12.0 Å². The lowest BCUT2D eigenvalue weighted by molar-refractivity contribution is -0.160. The maximum atomic E-state index is 13.4. The Balaban J connectivity index is 2.21. The number of rotatable bonds is 2. The minimum Gasteiger partial charge on any atom is -0.465 e. The van der Waals surface area contributed by atoms with E-state index in [1.165, 1.54) is 4.90 Å². The SMILES string of the molecule is CCOC(=O)C1CN(C(=O)OC(C)(C)C)CC2(CCN(C(=O)OC(C)(C)C)CC2)C1=O. The summed E-state index contributed by atoms with van der Waals surface area (Å²) in [5.41, 5.74) is -2.24. The highest BCUT2D eigenvalue weighted by molar-refractivity contribution is 6.03. The molecule has 0 N–H and O–H groups in total. The van der Waals surface area contributed by atoms with E-state index >= 15 is 0 Å². The van der Waals surface area contributed by atoms with Crippen molar-refractivity contribution in [3.8, 4) is 0 Å². The summed E-state index contributed by atoms with van der Waals surface area (Å²) in [6, 6.07) is 0. The van der Waals surface area contributed by atoms with E-state index in [1.54, 1.807) is 53.4 Å². The van der Waals surface area contributed by atoms with E-state index in [1.807, 2.05) is 0 Å². The molecular weight excluding hydrogens is 404 g/mol. The Morgan fingerprint density at radius 1 is 0.935 bits per heavy atom. The highest BCUT2D eigenvalue weighted by Gasteiger charge is 2.53. The Hall–Kier alpha value is -2.32. The van der Waals surface area contributed by atoms with Crippen molar-refractivity contribution in [2.24, 2.45) is 11.3 Å². The average Bonchev–Trinajstić information content (AvgIpc) is 2.61. The summed E-state index contributed by atoms with van der Waals surface area (Å²) in [6.45, 7) is 13.2. The summed E-state index contributed by atoms with van der Waals surface area (Å²) in [5.74, 6) is -1.92. The molecule has 2 fully saturated rings. The van der Waals surface area contributed by atoms with E-state index in [4.69, 9.17) is 14.2 Å². The van der Waals surface area contributed by atoms with Gasteiger partial charge in [0.25, 0.3) is 0 Å². The summed E-state index contributed by atoms with van der Waals surface area (Å²) < 4.78 is 16.0. The van der Waals surface area contributed by atoms with E-state index < -0.39 is 40.7 Å². The molecular formula is C22H36N2O7. The second kappa shape index (κ2) is 9.04. The first-order valence-corrected chi connectivity index (χ1v) is 10.8. The number of carbonyl (C=O) groups is 4. The number of amides is 2. The third-order valence-corrected chi connectivity index (χ3v) is 5.33. The van der Waals surface area contributed by atoms with Crippen LogP contribution in [0.15, 0.2) is 0 Å². The first-order valence-electron chi connectivity index (χ1n) is 10.8. The molecule has 1 unspecified atom stereocenters. The standard InChI is InChI=1S/C22H36N2O7/c1-8-29-17(26)15-13-24(19(28)31-21(5,6)7)14-22(16(15)25)9-11-23(12-10-22)18(27)30-20(2,3)4/h15H,8-14H2,1-7H3. The number of esters is 1. The molecule has 9 nitrogen and oxygen atoms in total. The van der Waals surface area contributed by atoms with Crippen molar-refractivity contribution in [2.45, 2.75) is 72.5 Å². The third-order valence-electron chi connectivity index (χ3n) is 5.33. The summed E-state index contributed by atoms with van der Waals surface area (Å²) >= 11 is 0. The molecule has 0 saturated carbocycles. The maximum Gasteiger partial charge on any atom is 0.410 e. The molecule has 1 spiro atoms. The van der Waals surface area contributed by atoms with Gasteiger partial charge in [0.15, 0.2) is 5.78 Å². The lowest BCUT2D eigenvalue weighted by Gasteiger charge is -2.47. The van der Waals surface area contributed by atoms with Crippen LogP contribution in [0.4, 0.5) is 9.59 Å². The number of likely N-dealkylation sites (tertiary alicyclic amines) is 2. The minimum absolute atomic E-state index is 0.0654. The Morgan fingerprint density at radius 2 is 1.42 bits per heavy atom. The van der Waals surface area contributed by atoms with Gasteiger partial charge < -0.3 is 24.0 Å². The number of ketones is 1. The molecule has 9 heteroatoms. The molecule has 31 heavy (non-hydrogen) atoms. The molecule has 0 bridgehead atoms. The maximum absolute atomic E-state index is 13.4. The highest BCUT2D eigenvalue weighted by Crippen LogP contribution is 2.40. The highest BCUT2D eigenvalue weighted by atomic mass is 16.6. The number of hydrogen-bond acceptors (Lipinski definition) is 7. The lowest BCUT2D eigenvalue weighted by Crippen LogP contribution is -2.61. The van der Waals surface area contributed by atoms with Gasteiger partial charge in [-0.05, 0) is 61.3 Å². The zero-order chi connectivity index (χ0) is 23.6. The van der Waals surface area contributed by atoms with Crippen LogP contribution in [0.2, 0.25) is 0 Å². The predicted molar refractivity (Wildman–Crippen MR) is 112 cm³/mol. The van der Waals surface area contributed by atoms with E-state index in [9.17, 15) is 19.2 Å². The van der Waals surface area contributed by atoms with Crippen LogP contribution >= 0.6 is 0 Å². The zero-order valence-electron chi connectivity index (χ0n) is 19.8. The predicted octanol–water partition coefficient (Wildman–Crippen LogP) is 3.00. The molecule has 1 atom stereocenters. The van der Waals surface area contributed by atoms with Gasteiger partial charge in [0.2, 0.25) is 0 Å². The Kier molecular flexibility index (Phi) is 7.28. The van der Waals surface area contributed by atoms with Gasteiger partial charge >= 0.3 is 18.2 Å². The molecule has 2 saturated heterocycles. The van der Waals surface area contributed by atoms with Gasteiger partial charge in [-0.3, -0.25) is 9.59 Å². The van der Waals surface area contributed by atoms with E-state index in [-0.39, 0.29) is 25.5 Å². The monoisotopic (exact) mass is 440 g/mol. The minimum atomic E-state index is -1.06. The van der Waals surface area contributed by atoms with Crippen LogP contribution in [0, 0.1) is 11.3 Å². The van der Waals surface area contributed by atoms with Gasteiger partial charge in [-0.1, -0.05) is 0 Å². The van der Waals surface area contributed by atoms with Gasteiger partial charge in [-0.2, -0.15) is 0 Å². The zero-order valence-corrected chi connectivity index (χ0v) is 19.8. The molecule has 2 rings (SSSR count). The van der Waals surface area contributed by atoms with Gasteiger partial charge in [-0.25, -0.2) is 9.59 Å². The molecule has 0 aromatic carbocycles. The van der Waals surface area contributed by atoms with Crippen LogP contribution in [-0.4, -0.2) is 77.7 Å². The first-order chi connectivity index (χ1) is 14.2. The number of hydrogen-bond donors (Lipinski definition) is 0. The van der Waals surface area contributed by atoms with Gasteiger partial charge in [0.1, 0.15) is 17.1 Å². The van der Waals surface area contributed by atoms with Crippen LogP contribution in [-0.2, 0) is 23.8 Å². The molecule has 2 aliphatic rings. The van der Waals surface area contributed by atoms with E-state index in [0.717, 1.165) is 0 Å². The number of piperidine rings is 2. The fourth-order valence-corrected chi connectivity index (χ4v) is 3.92. The number of carbonyl (C=O) groups excluding carboxylic acids is 4. The summed E-state index contributed by atoms with van der Waals surface area (Å²) in [4.78, 5) is 54.0. The van der Waals surface area contributed by atoms with Crippen molar-refractivity contribution < 1.29 is 33.4 Å². The van der Waals surface area contributed by atoms with Crippen LogP contribution in [0.3, 0.4) is 0 Å². The van der Waals surface area contributed by atoms with Gasteiger partial charge in [0, 0.05) is 26.2 Å². The van der Waals surface area contributed by atoms with Crippen molar-refractivity contribution in [1.82, 2.24) is 9.80 Å². The molecule has 2 amide bonds. The fourth-order valence-electron chi connectivity index (χ4n) is 3.92. The smallest absolute Gasteiger partial charge is 0.410 e. The first kappa shape index (κ1) is 24.9. The van der Waals surface area contributed by atoms with E-state index in [0.29, 0.717) is 25.9 Å². The summed E-state index contributed by atoms with van der Waals surface area (Å²) in [5, 5.41) is 0. The molecule has 0 radical (unpaired) electrons. The van der Waals surface area contributed by atoms with E-state index in [2.05, 4.69) is 0 Å². The molecule has 0 aromatic rings. The normalized spacial score (nSPS) is 21.6. The second-order valence-corrected chi connectivity index (χ2v) is 10.3. The second-order valence-electron chi connectivity index (χ2n) is 10.3. The van der Waals surface area contributed by atoms with Crippen LogP contribution in [0.1, 0.15) is 61.3 Å². The third kappa shape index (κ3) is 6.33. The molecule has 0 aliphatic carbocycles. The Bertz CT molecular complexity index is 712. The summed E-state index contributed by atoms with van der Waals surface area (Å²) in [6.07, 6.45) is -0.333. The van der Waals surface area contributed by atoms with Crippen molar-refractivity contribution >= 4 is 23.9 Å². The van der Waals surface area contributed by atoms with Crippen molar-refractivity contribution in [3.63, 3.8) is 0 Å². The van der Waals surface area contributed by atoms with Crippen LogP contribution in [0.25, 0.3) is 0 Å².